The Labute approximate surface area is 96.4 Å². The zero-order chi connectivity index (χ0) is 12.0. The van der Waals surface area contributed by atoms with E-state index < -0.39 is 10.0 Å². The molecule has 0 aliphatic heterocycles. The van der Waals surface area contributed by atoms with Gasteiger partial charge < -0.3 is 0 Å². The summed E-state index contributed by atoms with van der Waals surface area (Å²) in [6.07, 6.45) is 5.43. The van der Waals surface area contributed by atoms with Crippen molar-refractivity contribution in [2.24, 2.45) is 5.92 Å². The summed E-state index contributed by atoms with van der Waals surface area (Å²) in [6, 6.07) is 0. The lowest BCUT2D eigenvalue weighted by Gasteiger charge is -2.08. The van der Waals surface area contributed by atoms with Crippen LogP contribution in [-0.4, -0.2) is 30.7 Å². The van der Waals surface area contributed by atoms with Gasteiger partial charge in [0, 0.05) is 18.9 Å². The third kappa shape index (κ3) is 5.18. The van der Waals surface area contributed by atoms with Crippen LogP contribution in [0.5, 0.6) is 0 Å². The van der Waals surface area contributed by atoms with Crippen LogP contribution in [0.1, 0.15) is 19.4 Å². The van der Waals surface area contributed by atoms with Gasteiger partial charge in [0.1, 0.15) is 6.33 Å². The standard InChI is InChI=1S/C10H17N3O2S/c1-9(2)7-16(14,15)13-4-3-10-5-11-8-12-6-10/h5-6,8-9,13H,3-4,7H2,1-2H3. The Kier molecular flexibility index (Phi) is 4.82. The number of nitrogens with zero attached hydrogens (tertiary/aromatic N) is 2. The van der Waals surface area contributed by atoms with Crippen molar-refractivity contribution in [3.63, 3.8) is 0 Å². The molecule has 0 fully saturated rings. The van der Waals surface area contributed by atoms with Crippen molar-refractivity contribution in [1.29, 1.82) is 0 Å². The van der Waals surface area contributed by atoms with Gasteiger partial charge in [-0.3, -0.25) is 0 Å². The van der Waals surface area contributed by atoms with E-state index in [0.717, 1.165) is 5.56 Å². The number of rotatable bonds is 6. The van der Waals surface area contributed by atoms with Crippen molar-refractivity contribution in [2.75, 3.05) is 12.3 Å². The molecule has 0 aromatic carbocycles. The van der Waals surface area contributed by atoms with Crippen LogP contribution in [0.25, 0.3) is 0 Å². The minimum atomic E-state index is -3.14. The van der Waals surface area contributed by atoms with Gasteiger partial charge in [-0.25, -0.2) is 23.1 Å². The summed E-state index contributed by atoms with van der Waals surface area (Å²) in [6.45, 7) is 4.15. The van der Waals surface area contributed by atoms with Crippen molar-refractivity contribution < 1.29 is 8.42 Å². The van der Waals surface area contributed by atoms with Crippen molar-refractivity contribution in [1.82, 2.24) is 14.7 Å². The molecule has 90 valence electrons. The van der Waals surface area contributed by atoms with E-state index >= 15 is 0 Å². The number of sulfonamides is 1. The number of nitrogens with one attached hydrogen (secondary N) is 1. The first-order valence-corrected chi connectivity index (χ1v) is 6.86. The highest BCUT2D eigenvalue weighted by molar-refractivity contribution is 7.89. The topological polar surface area (TPSA) is 72.0 Å². The van der Waals surface area contributed by atoms with Crippen LogP contribution in [0.2, 0.25) is 0 Å². The van der Waals surface area contributed by atoms with E-state index in [-0.39, 0.29) is 11.7 Å². The molecule has 0 spiro atoms. The lowest BCUT2D eigenvalue weighted by atomic mass is 10.2. The Hall–Kier alpha value is -1.01. The first-order valence-electron chi connectivity index (χ1n) is 5.21. The molecule has 1 N–H and O–H groups in total. The van der Waals surface area contributed by atoms with E-state index in [2.05, 4.69) is 14.7 Å². The van der Waals surface area contributed by atoms with E-state index in [9.17, 15) is 8.42 Å². The summed E-state index contributed by atoms with van der Waals surface area (Å²) < 4.78 is 25.5. The molecule has 0 radical (unpaired) electrons. The summed E-state index contributed by atoms with van der Waals surface area (Å²) in [5.74, 6) is 0.302. The third-order valence-corrected chi connectivity index (χ3v) is 3.65. The van der Waals surface area contributed by atoms with Crippen LogP contribution in [-0.2, 0) is 16.4 Å². The quantitative estimate of drug-likeness (QED) is 0.794. The minimum absolute atomic E-state index is 0.137. The van der Waals surface area contributed by atoms with Gasteiger partial charge in [-0.15, -0.1) is 0 Å². The molecule has 0 saturated carbocycles. The predicted octanol–water partition coefficient (Wildman–Crippen LogP) is 0.594. The van der Waals surface area contributed by atoms with Gasteiger partial charge in [-0.2, -0.15) is 0 Å². The van der Waals surface area contributed by atoms with E-state index in [1.165, 1.54) is 6.33 Å². The van der Waals surface area contributed by atoms with Crippen LogP contribution >= 0.6 is 0 Å². The molecule has 0 atom stereocenters. The maximum atomic E-state index is 11.5. The molecular formula is C10H17N3O2S. The fourth-order valence-electron chi connectivity index (χ4n) is 1.31. The zero-order valence-electron chi connectivity index (χ0n) is 9.55. The van der Waals surface area contributed by atoms with Crippen LogP contribution in [0, 0.1) is 5.92 Å². The molecule has 6 heteroatoms. The molecule has 0 aliphatic rings. The van der Waals surface area contributed by atoms with E-state index in [4.69, 9.17) is 0 Å². The Bertz CT molecular complexity index is 403. The molecule has 0 unspecified atom stereocenters. The van der Waals surface area contributed by atoms with Gasteiger partial charge in [-0.05, 0) is 17.9 Å². The highest BCUT2D eigenvalue weighted by atomic mass is 32.2. The first kappa shape index (κ1) is 13.1. The van der Waals surface area contributed by atoms with Crippen LogP contribution in [0.3, 0.4) is 0 Å². The van der Waals surface area contributed by atoms with Gasteiger partial charge in [0.15, 0.2) is 0 Å². The number of hydrogen-bond acceptors (Lipinski definition) is 4. The fourth-order valence-corrected chi connectivity index (χ4v) is 2.72. The SMILES string of the molecule is CC(C)CS(=O)(=O)NCCc1cncnc1. The van der Waals surface area contributed by atoms with Gasteiger partial charge >= 0.3 is 0 Å². The normalized spacial score (nSPS) is 11.9. The van der Waals surface area contributed by atoms with Crippen LogP contribution < -0.4 is 4.72 Å². The molecule has 1 rings (SSSR count). The molecule has 5 nitrogen and oxygen atoms in total. The third-order valence-electron chi connectivity index (χ3n) is 1.90. The monoisotopic (exact) mass is 243 g/mol. The maximum Gasteiger partial charge on any atom is 0.211 e. The fraction of sp³-hybridized carbons (Fsp3) is 0.600. The summed E-state index contributed by atoms with van der Waals surface area (Å²) in [7, 11) is -3.14. The zero-order valence-corrected chi connectivity index (χ0v) is 10.4. The van der Waals surface area contributed by atoms with E-state index in [1.54, 1.807) is 12.4 Å². The van der Waals surface area contributed by atoms with Crippen molar-refractivity contribution in [2.45, 2.75) is 20.3 Å². The van der Waals surface area contributed by atoms with Gasteiger partial charge in [0.25, 0.3) is 0 Å². The predicted molar refractivity (Wildman–Crippen MR) is 62.4 cm³/mol. The summed E-state index contributed by atoms with van der Waals surface area (Å²) in [4.78, 5) is 7.72. The van der Waals surface area contributed by atoms with Gasteiger partial charge in [0.2, 0.25) is 10.0 Å². The molecular weight excluding hydrogens is 226 g/mol. The second-order valence-corrected chi connectivity index (χ2v) is 5.92. The highest BCUT2D eigenvalue weighted by Gasteiger charge is 2.11. The Morgan fingerprint density at radius 3 is 2.50 bits per heavy atom. The largest absolute Gasteiger partial charge is 0.245 e. The van der Waals surface area contributed by atoms with Crippen molar-refractivity contribution >= 4 is 10.0 Å². The van der Waals surface area contributed by atoms with Gasteiger partial charge in [0.05, 0.1) is 5.75 Å². The lowest BCUT2D eigenvalue weighted by Crippen LogP contribution is -2.30. The van der Waals surface area contributed by atoms with Crippen molar-refractivity contribution in [3.05, 3.63) is 24.3 Å². The van der Waals surface area contributed by atoms with E-state index in [1.807, 2.05) is 13.8 Å². The second-order valence-electron chi connectivity index (χ2n) is 4.07. The molecule has 0 bridgehead atoms. The summed E-state index contributed by atoms with van der Waals surface area (Å²) >= 11 is 0. The van der Waals surface area contributed by atoms with Crippen LogP contribution in [0.4, 0.5) is 0 Å². The minimum Gasteiger partial charge on any atom is -0.245 e. The Morgan fingerprint density at radius 2 is 1.94 bits per heavy atom. The van der Waals surface area contributed by atoms with Gasteiger partial charge in [-0.1, -0.05) is 13.8 Å². The molecule has 1 heterocycles. The van der Waals surface area contributed by atoms with E-state index in [0.29, 0.717) is 13.0 Å². The van der Waals surface area contributed by atoms with Crippen LogP contribution in [0.15, 0.2) is 18.7 Å². The average Bonchev–Trinajstić information content (AvgIpc) is 2.16. The molecule has 0 amide bonds. The Morgan fingerprint density at radius 1 is 1.31 bits per heavy atom. The second kappa shape index (κ2) is 5.91. The summed E-state index contributed by atoms with van der Waals surface area (Å²) in [5.41, 5.74) is 0.926. The first-order chi connectivity index (χ1) is 7.49. The Balaban J connectivity index is 2.36. The molecule has 16 heavy (non-hydrogen) atoms. The number of aromatic nitrogens is 2. The van der Waals surface area contributed by atoms with Crippen molar-refractivity contribution in [3.8, 4) is 0 Å². The lowest BCUT2D eigenvalue weighted by molar-refractivity contribution is 0.568. The smallest absolute Gasteiger partial charge is 0.211 e. The maximum absolute atomic E-state index is 11.5. The average molecular weight is 243 g/mol. The summed E-state index contributed by atoms with van der Waals surface area (Å²) in [5, 5.41) is 0. The molecule has 0 aliphatic carbocycles. The molecule has 0 saturated heterocycles. The highest BCUT2D eigenvalue weighted by Crippen LogP contribution is 1.98. The number of hydrogen-bond donors (Lipinski definition) is 1. The molecule has 1 aromatic heterocycles. The molecule has 1 aromatic rings.